The molecular formula is C18H13F3N2O3. The topological polar surface area (TPSA) is 64.7 Å². The summed E-state index contributed by atoms with van der Waals surface area (Å²) >= 11 is 0. The minimum atomic E-state index is -5.05. The van der Waals surface area contributed by atoms with Crippen LogP contribution in [0, 0.1) is 10.1 Å². The van der Waals surface area contributed by atoms with Crippen LogP contribution in [0.5, 0.6) is 0 Å². The number of halogens is 3. The van der Waals surface area contributed by atoms with Gasteiger partial charge in [0.1, 0.15) is 0 Å². The second-order valence-corrected chi connectivity index (χ2v) is 5.66. The molecule has 134 valence electrons. The van der Waals surface area contributed by atoms with E-state index in [9.17, 15) is 23.3 Å². The molecule has 2 aromatic rings. The molecule has 2 atom stereocenters. The quantitative estimate of drug-likeness (QED) is 0.608. The molecule has 0 unspecified atom stereocenters. The van der Waals surface area contributed by atoms with Gasteiger partial charge < -0.3 is 4.84 Å². The summed E-state index contributed by atoms with van der Waals surface area (Å²) in [5.41, 5.74) is -2.90. The number of rotatable bonds is 4. The summed E-state index contributed by atoms with van der Waals surface area (Å²) < 4.78 is 41.6. The zero-order valence-electron chi connectivity index (χ0n) is 13.3. The number of benzene rings is 2. The van der Waals surface area contributed by atoms with E-state index in [0.29, 0.717) is 11.6 Å². The minimum absolute atomic E-state index is 0.202. The highest BCUT2D eigenvalue weighted by Crippen LogP contribution is 2.44. The Bertz CT molecular complexity index is 851. The van der Waals surface area contributed by atoms with Crippen molar-refractivity contribution in [3.05, 3.63) is 88.0 Å². The van der Waals surface area contributed by atoms with Gasteiger partial charge in [-0.3, -0.25) is 10.1 Å². The van der Waals surface area contributed by atoms with Crippen molar-refractivity contribution in [1.82, 2.24) is 0 Å². The molecule has 3 rings (SSSR count). The Morgan fingerprint density at radius 1 is 1.08 bits per heavy atom. The van der Waals surface area contributed by atoms with Crippen LogP contribution in [0.3, 0.4) is 0 Å². The van der Waals surface area contributed by atoms with E-state index in [4.69, 9.17) is 4.84 Å². The molecule has 1 heterocycles. The summed E-state index contributed by atoms with van der Waals surface area (Å²) in [6, 6.07) is 13.6. The first-order valence-electron chi connectivity index (χ1n) is 7.61. The fourth-order valence-corrected chi connectivity index (χ4v) is 2.71. The van der Waals surface area contributed by atoms with Gasteiger partial charge in [-0.1, -0.05) is 71.9 Å². The average Bonchev–Trinajstić information content (AvgIpc) is 3.03. The molecule has 0 fully saturated rings. The van der Waals surface area contributed by atoms with Crippen molar-refractivity contribution in [2.75, 3.05) is 0 Å². The maximum absolute atomic E-state index is 13.9. The van der Waals surface area contributed by atoms with Crippen molar-refractivity contribution in [1.29, 1.82) is 0 Å². The first kappa shape index (κ1) is 17.7. The molecular weight excluding hydrogens is 349 g/mol. The zero-order valence-corrected chi connectivity index (χ0v) is 13.3. The van der Waals surface area contributed by atoms with Crippen LogP contribution < -0.4 is 0 Å². The number of hydrogen-bond acceptors (Lipinski definition) is 4. The third kappa shape index (κ3) is 3.05. The first-order chi connectivity index (χ1) is 12.3. The predicted octanol–water partition coefficient (Wildman–Crippen LogP) is 4.08. The van der Waals surface area contributed by atoms with Crippen molar-refractivity contribution in [2.45, 2.75) is 17.8 Å². The normalized spacial score (nSPS) is 22.9. The van der Waals surface area contributed by atoms with E-state index < -0.39 is 22.7 Å². The largest absolute Gasteiger partial charge is 0.442 e. The highest BCUT2D eigenvalue weighted by Gasteiger charge is 2.71. The first-order valence-corrected chi connectivity index (χ1v) is 7.61. The van der Waals surface area contributed by atoms with Crippen LogP contribution in [0.1, 0.15) is 11.1 Å². The highest BCUT2D eigenvalue weighted by atomic mass is 19.4. The van der Waals surface area contributed by atoms with Gasteiger partial charge in [0.25, 0.3) is 0 Å². The SMILES string of the molecule is O=[N+]([O-])[C@H]1C(c2ccccc2)=NO[C@]1(/C=C/c1ccccc1)C(F)(F)F. The lowest BCUT2D eigenvalue weighted by Gasteiger charge is -2.27. The molecule has 0 saturated heterocycles. The van der Waals surface area contributed by atoms with E-state index in [-0.39, 0.29) is 11.3 Å². The average molecular weight is 362 g/mol. The van der Waals surface area contributed by atoms with Crippen LogP contribution in [-0.2, 0) is 4.84 Å². The predicted molar refractivity (Wildman–Crippen MR) is 89.1 cm³/mol. The van der Waals surface area contributed by atoms with Gasteiger partial charge in [0.2, 0.25) is 0 Å². The molecule has 1 aliphatic heterocycles. The maximum Gasteiger partial charge on any atom is 0.442 e. The molecule has 0 saturated carbocycles. The monoisotopic (exact) mass is 362 g/mol. The maximum atomic E-state index is 13.9. The van der Waals surface area contributed by atoms with Crippen molar-refractivity contribution in [3.8, 4) is 0 Å². The molecule has 2 aromatic carbocycles. The number of alkyl halides is 3. The van der Waals surface area contributed by atoms with Gasteiger partial charge in [0.15, 0.2) is 5.71 Å². The molecule has 0 aliphatic carbocycles. The van der Waals surface area contributed by atoms with E-state index in [1.165, 1.54) is 12.1 Å². The lowest BCUT2D eigenvalue weighted by atomic mass is 9.87. The Morgan fingerprint density at radius 3 is 2.19 bits per heavy atom. The van der Waals surface area contributed by atoms with E-state index in [1.54, 1.807) is 48.5 Å². The molecule has 0 aromatic heterocycles. The van der Waals surface area contributed by atoms with Crippen LogP contribution >= 0.6 is 0 Å². The summed E-state index contributed by atoms with van der Waals surface area (Å²) in [6.07, 6.45) is -3.24. The molecule has 8 heteroatoms. The van der Waals surface area contributed by atoms with Crippen LogP contribution in [0.2, 0.25) is 0 Å². The number of nitro groups is 1. The number of hydrogen-bond donors (Lipinski definition) is 0. The molecule has 0 radical (unpaired) electrons. The molecule has 0 N–H and O–H groups in total. The molecule has 0 spiro atoms. The summed E-state index contributed by atoms with van der Waals surface area (Å²) in [4.78, 5) is 15.3. The Morgan fingerprint density at radius 2 is 1.65 bits per heavy atom. The fourth-order valence-electron chi connectivity index (χ4n) is 2.71. The zero-order chi connectivity index (χ0) is 18.8. The van der Waals surface area contributed by atoms with Gasteiger partial charge in [0, 0.05) is 10.5 Å². The fraction of sp³-hybridized carbons (Fsp3) is 0.167. The van der Waals surface area contributed by atoms with Crippen LogP contribution in [0.4, 0.5) is 13.2 Å². The van der Waals surface area contributed by atoms with Crippen molar-refractivity contribution >= 4 is 11.8 Å². The Kier molecular flexibility index (Phi) is 4.50. The molecule has 26 heavy (non-hydrogen) atoms. The third-order valence-corrected chi connectivity index (χ3v) is 4.01. The standard InChI is InChI=1S/C18H13F3N2O3/c19-18(20,21)17(12-11-13-7-3-1-4-8-13)16(23(24)25)15(22-26-17)14-9-5-2-6-10-14/h1-12,16H/b12-11+/t16-,17-/m0/s1. The van der Waals surface area contributed by atoms with E-state index in [1.807, 2.05) is 0 Å². The second kappa shape index (κ2) is 6.62. The summed E-state index contributed by atoms with van der Waals surface area (Å²) in [7, 11) is 0. The van der Waals surface area contributed by atoms with E-state index in [2.05, 4.69) is 5.16 Å². The lowest BCUT2D eigenvalue weighted by Crippen LogP contribution is -2.57. The van der Waals surface area contributed by atoms with Gasteiger partial charge in [-0.25, -0.2) is 0 Å². The molecule has 5 nitrogen and oxygen atoms in total. The summed E-state index contributed by atoms with van der Waals surface area (Å²) in [5, 5.41) is 15.0. The Balaban J connectivity index is 2.08. The van der Waals surface area contributed by atoms with Gasteiger partial charge in [0.05, 0.1) is 0 Å². The third-order valence-electron chi connectivity index (χ3n) is 4.01. The van der Waals surface area contributed by atoms with Crippen LogP contribution in [-0.4, -0.2) is 28.5 Å². The smallest absolute Gasteiger partial charge is 0.367 e. The summed E-state index contributed by atoms with van der Waals surface area (Å²) in [6.45, 7) is 0. The van der Waals surface area contributed by atoms with Gasteiger partial charge in [-0.15, -0.1) is 0 Å². The minimum Gasteiger partial charge on any atom is -0.367 e. The van der Waals surface area contributed by atoms with Gasteiger partial charge in [-0.05, 0) is 11.6 Å². The number of nitrogens with zero attached hydrogens (tertiary/aromatic N) is 2. The number of oxime groups is 1. The van der Waals surface area contributed by atoms with Gasteiger partial charge in [-0.2, -0.15) is 13.2 Å². The molecule has 1 aliphatic rings. The Hall–Kier alpha value is -3.16. The molecule has 0 bridgehead atoms. The second-order valence-electron chi connectivity index (χ2n) is 5.66. The van der Waals surface area contributed by atoms with Gasteiger partial charge >= 0.3 is 17.8 Å². The van der Waals surface area contributed by atoms with E-state index >= 15 is 0 Å². The van der Waals surface area contributed by atoms with E-state index in [0.717, 1.165) is 6.08 Å². The highest BCUT2D eigenvalue weighted by molar-refractivity contribution is 6.05. The Labute approximate surface area is 146 Å². The van der Waals surface area contributed by atoms with Crippen LogP contribution in [0.15, 0.2) is 71.9 Å². The van der Waals surface area contributed by atoms with Crippen LogP contribution in [0.25, 0.3) is 6.08 Å². The van der Waals surface area contributed by atoms with Crippen molar-refractivity contribution in [2.24, 2.45) is 5.16 Å². The summed E-state index contributed by atoms with van der Waals surface area (Å²) in [5.74, 6) is 0. The van der Waals surface area contributed by atoms with Crippen molar-refractivity contribution < 1.29 is 22.9 Å². The molecule has 0 amide bonds. The lowest BCUT2D eigenvalue weighted by molar-refractivity contribution is -0.531. The van der Waals surface area contributed by atoms with Crippen molar-refractivity contribution in [3.63, 3.8) is 0 Å².